The van der Waals surface area contributed by atoms with E-state index in [1.165, 1.54) is 6.07 Å². The highest BCUT2D eigenvalue weighted by Gasteiger charge is 2.00. The van der Waals surface area contributed by atoms with Crippen molar-refractivity contribution in [3.63, 3.8) is 0 Å². The van der Waals surface area contributed by atoms with Gasteiger partial charge in [-0.3, -0.25) is 0 Å². The van der Waals surface area contributed by atoms with E-state index in [0.717, 1.165) is 5.30 Å². The average Bonchev–Trinajstić information content (AvgIpc) is 1.88. The van der Waals surface area contributed by atoms with Gasteiger partial charge in [0.05, 0.1) is 0 Å². The molecule has 0 aliphatic carbocycles. The fourth-order valence-corrected chi connectivity index (χ4v) is 1.16. The molecule has 1 atom stereocenters. The summed E-state index contributed by atoms with van der Waals surface area (Å²) in [6.45, 7) is 0.255. The quantitative estimate of drug-likeness (QED) is 0.599. The highest BCUT2D eigenvalue weighted by atomic mass is 31.0. The Kier molecular flexibility index (Phi) is 2.36. The first-order chi connectivity index (χ1) is 4.75. The third kappa shape index (κ3) is 1.34. The fraction of sp³-hybridized carbons (Fsp3) is 0.143. The van der Waals surface area contributed by atoms with Crippen LogP contribution in [0.15, 0.2) is 18.2 Å². The molecule has 0 bridgehead atoms. The van der Waals surface area contributed by atoms with Crippen LogP contribution in [-0.4, -0.2) is 0 Å². The molecule has 1 nitrogen and oxygen atoms in total. The zero-order chi connectivity index (χ0) is 7.56. The molecule has 0 spiro atoms. The molecule has 1 rings (SSSR count). The second-order valence-corrected chi connectivity index (χ2v) is 2.63. The Morgan fingerprint density at radius 3 is 2.60 bits per heavy atom. The average molecular weight is 157 g/mol. The number of hydrogen-bond donors (Lipinski definition) is 1. The Morgan fingerprint density at radius 2 is 2.20 bits per heavy atom. The van der Waals surface area contributed by atoms with E-state index in [4.69, 9.17) is 5.73 Å². The molecule has 0 saturated heterocycles. The minimum absolute atomic E-state index is 0.227. The Hall–Kier alpha value is -0.460. The van der Waals surface area contributed by atoms with Gasteiger partial charge < -0.3 is 5.73 Å². The molecule has 0 aliphatic rings. The summed E-state index contributed by atoms with van der Waals surface area (Å²) in [7, 11) is 2.45. The van der Waals surface area contributed by atoms with Gasteiger partial charge in [0.1, 0.15) is 5.82 Å². The zero-order valence-corrected chi connectivity index (χ0v) is 6.63. The summed E-state index contributed by atoms with van der Waals surface area (Å²) >= 11 is 0. The van der Waals surface area contributed by atoms with Crippen molar-refractivity contribution in [2.45, 2.75) is 6.54 Å². The van der Waals surface area contributed by atoms with Crippen molar-refractivity contribution in [1.82, 2.24) is 0 Å². The van der Waals surface area contributed by atoms with Crippen molar-refractivity contribution in [3.8, 4) is 0 Å². The molecule has 0 aliphatic heterocycles. The summed E-state index contributed by atoms with van der Waals surface area (Å²) in [6.07, 6.45) is 0. The van der Waals surface area contributed by atoms with E-state index in [0.29, 0.717) is 5.56 Å². The normalized spacial score (nSPS) is 9.90. The van der Waals surface area contributed by atoms with Crippen molar-refractivity contribution in [2.75, 3.05) is 0 Å². The maximum atomic E-state index is 12.8. The van der Waals surface area contributed by atoms with Crippen molar-refractivity contribution >= 4 is 14.5 Å². The number of rotatable bonds is 1. The molecule has 1 aromatic carbocycles. The smallest absolute Gasteiger partial charge is 0.128 e. The van der Waals surface area contributed by atoms with Gasteiger partial charge in [0.25, 0.3) is 0 Å². The Morgan fingerprint density at radius 1 is 1.50 bits per heavy atom. The Bertz CT molecular complexity index is 217. The SMILES string of the molecule is NCc1c(F)cccc1P. The lowest BCUT2D eigenvalue weighted by molar-refractivity contribution is 0.612. The largest absolute Gasteiger partial charge is 0.326 e. The van der Waals surface area contributed by atoms with Crippen molar-refractivity contribution in [2.24, 2.45) is 5.73 Å². The van der Waals surface area contributed by atoms with E-state index in [1.807, 2.05) is 6.07 Å². The minimum atomic E-state index is -0.227. The van der Waals surface area contributed by atoms with Crippen LogP contribution in [0.25, 0.3) is 0 Å². The first-order valence-corrected chi connectivity index (χ1v) is 3.56. The summed E-state index contributed by atoms with van der Waals surface area (Å²) in [6, 6.07) is 4.89. The molecule has 10 heavy (non-hydrogen) atoms. The molecule has 54 valence electrons. The van der Waals surface area contributed by atoms with Crippen molar-refractivity contribution in [3.05, 3.63) is 29.6 Å². The Labute approximate surface area is 61.6 Å². The van der Waals surface area contributed by atoms with Crippen LogP contribution in [-0.2, 0) is 6.54 Å². The molecule has 1 unspecified atom stereocenters. The summed E-state index contributed by atoms with van der Waals surface area (Å²) < 4.78 is 12.8. The van der Waals surface area contributed by atoms with Crippen molar-refractivity contribution in [1.29, 1.82) is 0 Å². The molecule has 1 aromatic rings. The van der Waals surface area contributed by atoms with Gasteiger partial charge >= 0.3 is 0 Å². The van der Waals surface area contributed by atoms with Gasteiger partial charge in [-0.15, -0.1) is 9.24 Å². The predicted octanol–water partition coefficient (Wildman–Crippen LogP) is 0.785. The second kappa shape index (κ2) is 3.09. The third-order valence-electron chi connectivity index (χ3n) is 1.36. The topological polar surface area (TPSA) is 26.0 Å². The van der Waals surface area contributed by atoms with Gasteiger partial charge in [0, 0.05) is 12.1 Å². The van der Waals surface area contributed by atoms with Crippen LogP contribution in [0, 0.1) is 5.82 Å². The lowest BCUT2D eigenvalue weighted by Crippen LogP contribution is -2.09. The van der Waals surface area contributed by atoms with Crippen LogP contribution in [0.1, 0.15) is 5.56 Å². The van der Waals surface area contributed by atoms with E-state index in [2.05, 4.69) is 9.24 Å². The number of benzene rings is 1. The van der Waals surface area contributed by atoms with Crippen LogP contribution in [0.4, 0.5) is 4.39 Å². The number of hydrogen-bond acceptors (Lipinski definition) is 1. The lowest BCUT2D eigenvalue weighted by Gasteiger charge is -2.01. The molecule has 0 heterocycles. The van der Waals surface area contributed by atoms with Gasteiger partial charge in [0.15, 0.2) is 0 Å². The standard InChI is InChI=1S/C7H9FNP/c8-6-2-1-3-7(10)5(6)4-9/h1-3H,4,9-10H2. The molecular formula is C7H9FNP. The maximum Gasteiger partial charge on any atom is 0.128 e. The molecule has 2 N–H and O–H groups in total. The molecule has 0 amide bonds. The molecule has 3 heteroatoms. The van der Waals surface area contributed by atoms with Gasteiger partial charge in [-0.25, -0.2) is 4.39 Å². The van der Waals surface area contributed by atoms with Crippen LogP contribution in [0.3, 0.4) is 0 Å². The van der Waals surface area contributed by atoms with Gasteiger partial charge in [-0.05, 0) is 11.4 Å². The van der Waals surface area contributed by atoms with Crippen molar-refractivity contribution < 1.29 is 4.39 Å². The molecule has 0 radical (unpaired) electrons. The predicted molar refractivity (Wildman–Crippen MR) is 43.6 cm³/mol. The molecule has 0 aromatic heterocycles. The first-order valence-electron chi connectivity index (χ1n) is 2.98. The summed E-state index contributed by atoms with van der Waals surface area (Å²) in [5.41, 5.74) is 5.87. The second-order valence-electron chi connectivity index (χ2n) is 2.01. The number of nitrogens with two attached hydrogens (primary N) is 1. The summed E-state index contributed by atoms with van der Waals surface area (Å²) in [5, 5.41) is 0.836. The molecule has 0 fully saturated rings. The zero-order valence-electron chi connectivity index (χ0n) is 5.47. The highest BCUT2D eigenvalue weighted by Crippen LogP contribution is 2.05. The lowest BCUT2D eigenvalue weighted by atomic mass is 10.2. The van der Waals surface area contributed by atoms with E-state index < -0.39 is 0 Å². The summed E-state index contributed by atoms with van der Waals surface area (Å²) in [4.78, 5) is 0. The maximum absolute atomic E-state index is 12.8. The molecule has 0 saturated carbocycles. The van der Waals surface area contributed by atoms with Crippen LogP contribution in [0.5, 0.6) is 0 Å². The summed E-state index contributed by atoms with van der Waals surface area (Å²) in [5.74, 6) is -0.227. The van der Waals surface area contributed by atoms with E-state index in [9.17, 15) is 4.39 Å². The van der Waals surface area contributed by atoms with E-state index >= 15 is 0 Å². The Balaban J connectivity index is 3.17. The van der Waals surface area contributed by atoms with Gasteiger partial charge in [-0.1, -0.05) is 12.1 Å². The fourth-order valence-electron chi connectivity index (χ4n) is 0.791. The van der Waals surface area contributed by atoms with Gasteiger partial charge in [0.2, 0.25) is 0 Å². The monoisotopic (exact) mass is 157 g/mol. The molecular weight excluding hydrogens is 148 g/mol. The van der Waals surface area contributed by atoms with Crippen LogP contribution < -0.4 is 11.0 Å². The van der Waals surface area contributed by atoms with E-state index in [-0.39, 0.29) is 12.4 Å². The van der Waals surface area contributed by atoms with Crippen LogP contribution >= 0.6 is 9.24 Å². The van der Waals surface area contributed by atoms with Gasteiger partial charge in [-0.2, -0.15) is 0 Å². The van der Waals surface area contributed by atoms with E-state index in [1.54, 1.807) is 6.07 Å². The highest BCUT2D eigenvalue weighted by molar-refractivity contribution is 7.27. The minimum Gasteiger partial charge on any atom is -0.326 e. The first kappa shape index (κ1) is 7.64. The third-order valence-corrected chi connectivity index (χ3v) is 1.90. The number of halogens is 1. The van der Waals surface area contributed by atoms with Crippen LogP contribution in [0.2, 0.25) is 0 Å².